The molecule has 3 nitrogen and oxygen atoms in total. The number of hydrogen-bond acceptors (Lipinski definition) is 3. The summed E-state index contributed by atoms with van der Waals surface area (Å²) in [5, 5.41) is 3.87. The van der Waals surface area contributed by atoms with Crippen molar-refractivity contribution in [2.75, 3.05) is 34.8 Å². The van der Waals surface area contributed by atoms with Crippen LogP contribution in [-0.4, -0.2) is 39.7 Å². The van der Waals surface area contributed by atoms with E-state index in [9.17, 15) is 0 Å². The van der Waals surface area contributed by atoms with Crippen molar-refractivity contribution >= 4 is 11.6 Å². The van der Waals surface area contributed by atoms with Gasteiger partial charge in [0.1, 0.15) is 5.75 Å². The van der Waals surface area contributed by atoms with Crippen LogP contribution in [0.15, 0.2) is 12.1 Å². The number of aryl methyl sites for hydroxylation is 1. The van der Waals surface area contributed by atoms with Gasteiger partial charge in [0.15, 0.2) is 0 Å². The second kappa shape index (κ2) is 6.98. The van der Waals surface area contributed by atoms with Gasteiger partial charge in [-0.25, -0.2) is 0 Å². The number of nitrogens with one attached hydrogen (secondary N) is 1. The van der Waals surface area contributed by atoms with Gasteiger partial charge < -0.3 is 15.0 Å². The standard InChI is InChI=1S/C14H23ClN2O/c1-10-8-14(18-5)12(15)9-11(10)13(17(3)4)6-7-16-2/h8-9,13,16H,6-7H2,1-5H3. The topological polar surface area (TPSA) is 24.5 Å². The lowest BCUT2D eigenvalue weighted by atomic mass is 9.97. The number of nitrogens with zero attached hydrogens (tertiary/aromatic N) is 1. The average Bonchev–Trinajstić information content (AvgIpc) is 2.32. The van der Waals surface area contributed by atoms with Crippen LogP contribution in [0.2, 0.25) is 5.02 Å². The number of rotatable bonds is 6. The first-order valence-electron chi connectivity index (χ1n) is 6.16. The summed E-state index contributed by atoms with van der Waals surface area (Å²) in [6.45, 7) is 3.08. The van der Waals surface area contributed by atoms with E-state index in [0.717, 1.165) is 18.7 Å². The third-order valence-corrected chi connectivity index (χ3v) is 3.49. The van der Waals surface area contributed by atoms with Crippen LogP contribution in [-0.2, 0) is 0 Å². The van der Waals surface area contributed by atoms with Crippen molar-refractivity contribution in [3.8, 4) is 5.75 Å². The van der Waals surface area contributed by atoms with Crippen LogP contribution >= 0.6 is 11.6 Å². The molecule has 0 heterocycles. The summed E-state index contributed by atoms with van der Waals surface area (Å²) >= 11 is 6.23. The molecule has 1 N–H and O–H groups in total. The molecule has 4 heteroatoms. The summed E-state index contributed by atoms with van der Waals surface area (Å²) in [6, 6.07) is 4.39. The van der Waals surface area contributed by atoms with Crippen molar-refractivity contribution in [1.29, 1.82) is 0 Å². The smallest absolute Gasteiger partial charge is 0.137 e. The second-order valence-electron chi connectivity index (χ2n) is 4.71. The van der Waals surface area contributed by atoms with Gasteiger partial charge in [0, 0.05) is 6.04 Å². The number of halogens is 1. The molecule has 0 saturated carbocycles. The van der Waals surface area contributed by atoms with Gasteiger partial charge in [-0.3, -0.25) is 0 Å². The zero-order valence-electron chi connectivity index (χ0n) is 11.9. The van der Waals surface area contributed by atoms with E-state index >= 15 is 0 Å². The predicted molar refractivity (Wildman–Crippen MR) is 77.7 cm³/mol. The number of ether oxygens (including phenoxy) is 1. The van der Waals surface area contributed by atoms with Crippen molar-refractivity contribution < 1.29 is 4.74 Å². The quantitative estimate of drug-likeness (QED) is 0.860. The highest BCUT2D eigenvalue weighted by Crippen LogP contribution is 2.33. The van der Waals surface area contributed by atoms with Crippen LogP contribution in [0.25, 0.3) is 0 Å². The van der Waals surface area contributed by atoms with E-state index in [-0.39, 0.29) is 0 Å². The maximum atomic E-state index is 6.23. The molecule has 0 fully saturated rings. The zero-order valence-corrected chi connectivity index (χ0v) is 12.6. The van der Waals surface area contributed by atoms with Crippen molar-refractivity contribution in [3.05, 3.63) is 28.3 Å². The third-order valence-electron chi connectivity index (χ3n) is 3.19. The Balaban J connectivity index is 3.08. The van der Waals surface area contributed by atoms with E-state index < -0.39 is 0 Å². The Hall–Kier alpha value is -0.770. The SMILES string of the molecule is CNCCC(c1cc(Cl)c(OC)cc1C)N(C)C. The average molecular weight is 271 g/mol. The minimum Gasteiger partial charge on any atom is -0.495 e. The number of methoxy groups -OCH3 is 1. The first-order chi connectivity index (χ1) is 8.51. The molecule has 0 radical (unpaired) electrons. The van der Waals surface area contributed by atoms with E-state index in [1.165, 1.54) is 11.1 Å². The Morgan fingerprint density at radius 3 is 2.56 bits per heavy atom. The molecule has 0 spiro atoms. The zero-order chi connectivity index (χ0) is 13.7. The Morgan fingerprint density at radius 1 is 1.39 bits per heavy atom. The lowest BCUT2D eigenvalue weighted by Gasteiger charge is -2.27. The monoisotopic (exact) mass is 270 g/mol. The van der Waals surface area contributed by atoms with E-state index in [4.69, 9.17) is 16.3 Å². The normalized spacial score (nSPS) is 12.8. The molecule has 1 atom stereocenters. The van der Waals surface area contributed by atoms with Gasteiger partial charge in [0.2, 0.25) is 0 Å². The fourth-order valence-corrected chi connectivity index (χ4v) is 2.41. The summed E-state index contributed by atoms with van der Waals surface area (Å²) in [5.41, 5.74) is 2.48. The molecule has 1 aromatic carbocycles. The van der Waals surface area contributed by atoms with Gasteiger partial charge in [0.25, 0.3) is 0 Å². The van der Waals surface area contributed by atoms with Gasteiger partial charge in [-0.05, 0) is 64.3 Å². The molecule has 1 rings (SSSR count). The van der Waals surface area contributed by atoms with Crippen LogP contribution in [0.4, 0.5) is 0 Å². The molecular weight excluding hydrogens is 248 g/mol. The maximum Gasteiger partial charge on any atom is 0.137 e. The van der Waals surface area contributed by atoms with E-state index in [1.807, 2.05) is 19.2 Å². The minimum absolute atomic E-state index is 0.362. The first-order valence-corrected chi connectivity index (χ1v) is 6.54. The lowest BCUT2D eigenvalue weighted by molar-refractivity contribution is 0.281. The molecule has 102 valence electrons. The third kappa shape index (κ3) is 3.61. The molecule has 0 amide bonds. The highest BCUT2D eigenvalue weighted by Gasteiger charge is 2.17. The lowest BCUT2D eigenvalue weighted by Crippen LogP contribution is -2.24. The van der Waals surface area contributed by atoms with E-state index in [0.29, 0.717) is 11.1 Å². The van der Waals surface area contributed by atoms with Crippen LogP contribution < -0.4 is 10.1 Å². The second-order valence-corrected chi connectivity index (χ2v) is 5.12. The van der Waals surface area contributed by atoms with Crippen LogP contribution in [0.3, 0.4) is 0 Å². The molecule has 0 aliphatic carbocycles. The van der Waals surface area contributed by atoms with Crippen LogP contribution in [0.1, 0.15) is 23.6 Å². The number of benzene rings is 1. The van der Waals surface area contributed by atoms with Crippen molar-refractivity contribution in [1.82, 2.24) is 10.2 Å². The largest absolute Gasteiger partial charge is 0.495 e. The Morgan fingerprint density at radius 2 is 2.06 bits per heavy atom. The number of hydrogen-bond donors (Lipinski definition) is 1. The van der Waals surface area contributed by atoms with Crippen LogP contribution in [0, 0.1) is 6.92 Å². The molecule has 0 aliphatic rings. The van der Waals surface area contributed by atoms with Gasteiger partial charge in [0.05, 0.1) is 12.1 Å². The predicted octanol–water partition coefficient (Wildman–Crippen LogP) is 2.87. The van der Waals surface area contributed by atoms with Gasteiger partial charge in [-0.15, -0.1) is 0 Å². The van der Waals surface area contributed by atoms with Gasteiger partial charge in [-0.2, -0.15) is 0 Å². The minimum atomic E-state index is 0.362. The van der Waals surface area contributed by atoms with Gasteiger partial charge in [-0.1, -0.05) is 11.6 Å². The van der Waals surface area contributed by atoms with Crippen molar-refractivity contribution in [3.63, 3.8) is 0 Å². The van der Waals surface area contributed by atoms with E-state index in [1.54, 1.807) is 7.11 Å². The summed E-state index contributed by atoms with van der Waals surface area (Å²) < 4.78 is 5.24. The van der Waals surface area contributed by atoms with Crippen molar-refractivity contribution in [2.45, 2.75) is 19.4 Å². The highest BCUT2D eigenvalue weighted by atomic mass is 35.5. The molecule has 0 aromatic heterocycles. The summed E-state index contributed by atoms with van der Waals surface area (Å²) in [7, 11) is 7.81. The fourth-order valence-electron chi connectivity index (χ4n) is 2.16. The van der Waals surface area contributed by atoms with Crippen LogP contribution in [0.5, 0.6) is 5.75 Å². The Labute approximate surface area is 115 Å². The first kappa shape index (κ1) is 15.3. The summed E-state index contributed by atoms with van der Waals surface area (Å²) in [5.74, 6) is 0.740. The molecule has 0 aliphatic heterocycles. The summed E-state index contributed by atoms with van der Waals surface area (Å²) in [4.78, 5) is 2.22. The molecule has 1 unspecified atom stereocenters. The maximum absolute atomic E-state index is 6.23. The molecule has 1 aromatic rings. The van der Waals surface area contributed by atoms with Gasteiger partial charge >= 0.3 is 0 Å². The molecule has 18 heavy (non-hydrogen) atoms. The highest BCUT2D eigenvalue weighted by molar-refractivity contribution is 6.32. The molecule has 0 bridgehead atoms. The van der Waals surface area contributed by atoms with E-state index in [2.05, 4.69) is 31.2 Å². The van der Waals surface area contributed by atoms with Crippen molar-refractivity contribution in [2.24, 2.45) is 0 Å². The Kier molecular flexibility index (Phi) is 5.93. The molecule has 0 saturated heterocycles. The fraction of sp³-hybridized carbons (Fsp3) is 0.571. The Bertz CT molecular complexity index is 394. The summed E-state index contributed by atoms with van der Waals surface area (Å²) in [6.07, 6.45) is 1.05. The molecular formula is C14H23ClN2O.